The van der Waals surface area contributed by atoms with Crippen LogP contribution in [0.2, 0.25) is 0 Å². The van der Waals surface area contributed by atoms with Crippen LogP contribution in [-0.4, -0.2) is 40.8 Å². The van der Waals surface area contributed by atoms with Gasteiger partial charge in [-0.3, -0.25) is 4.90 Å². The summed E-state index contributed by atoms with van der Waals surface area (Å²) < 4.78 is 11.4. The number of hydrogen-bond acceptors (Lipinski definition) is 5. The third kappa shape index (κ3) is 2.91. The predicted molar refractivity (Wildman–Crippen MR) is 98.7 cm³/mol. The summed E-state index contributed by atoms with van der Waals surface area (Å²) >= 11 is 0. The van der Waals surface area contributed by atoms with Crippen LogP contribution in [0.5, 0.6) is 0 Å². The quantitative estimate of drug-likeness (QED) is 0.724. The Balaban J connectivity index is 1.29. The molecule has 0 bridgehead atoms. The maximum Gasteiger partial charge on any atom is 0.227 e. The predicted octanol–water partition coefficient (Wildman–Crippen LogP) is 3.22. The molecule has 2 aromatic carbocycles. The Morgan fingerprint density at radius 2 is 2.00 bits per heavy atom. The summed E-state index contributed by atoms with van der Waals surface area (Å²) in [5, 5.41) is 6.57. The minimum atomic E-state index is 0.332. The van der Waals surface area contributed by atoms with Crippen molar-refractivity contribution in [2.75, 3.05) is 19.7 Å². The smallest absolute Gasteiger partial charge is 0.227 e. The van der Waals surface area contributed by atoms with Crippen molar-refractivity contribution in [2.45, 2.75) is 26.0 Å². The van der Waals surface area contributed by atoms with Gasteiger partial charge in [0.05, 0.1) is 12.7 Å². The van der Waals surface area contributed by atoms with Crippen LogP contribution in [0.3, 0.4) is 0 Å². The van der Waals surface area contributed by atoms with E-state index < -0.39 is 0 Å². The van der Waals surface area contributed by atoms with E-state index >= 15 is 0 Å². The van der Waals surface area contributed by atoms with E-state index in [9.17, 15) is 0 Å². The lowest BCUT2D eigenvalue weighted by molar-refractivity contribution is 0.0935. The molecule has 2 saturated heterocycles. The van der Waals surface area contributed by atoms with Gasteiger partial charge in [0.25, 0.3) is 0 Å². The second kappa shape index (κ2) is 6.49. The highest BCUT2D eigenvalue weighted by Gasteiger charge is 2.44. The number of ether oxygens (including phenoxy) is 1. The number of aryl methyl sites for hydroxylation is 1. The fourth-order valence-electron chi connectivity index (χ4n) is 4.54. The van der Waals surface area contributed by atoms with Crippen LogP contribution in [0.25, 0.3) is 10.8 Å². The van der Waals surface area contributed by atoms with Gasteiger partial charge < -0.3 is 9.26 Å². The van der Waals surface area contributed by atoms with E-state index in [1.165, 1.54) is 16.3 Å². The summed E-state index contributed by atoms with van der Waals surface area (Å²) in [5.41, 5.74) is 1.40. The average Bonchev–Trinajstić information content (AvgIpc) is 3.33. The zero-order valence-corrected chi connectivity index (χ0v) is 15.0. The van der Waals surface area contributed by atoms with Crippen LogP contribution >= 0.6 is 0 Å². The molecule has 0 unspecified atom stereocenters. The van der Waals surface area contributed by atoms with Crippen molar-refractivity contribution in [3.8, 4) is 0 Å². The van der Waals surface area contributed by atoms with Gasteiger partial charge in [-0.15, -0.1) is 0 Å². The van der Waals surface area contributed by atoms with Gasteiger partial charge in [-0.2, -0.15) is 4.98 Å². The van der Waals surface area contributed by atoms with E-state index in [2.05, 4.69) is 57.5 Å². The number of benzene rings is 2. The zero-order valence-electron chi connectivity index (χ0n) is 15.0. The van der Waals surface area contributed by atoms with Crippen molar-refractivity contribution >= 4 is 10.8 Å². The molecule has 3 heterocycles. The molecule has 0 spiro atoms. The van der Waals surface area contributed by atoms with Crippen LogP contribution in [-0.2, 0) is 17.7 Å². The molecule has 2 fully saturated rings. The van der Waals surface area contributed by atoms with Crippen molar-refractivity contribution in [3.63, 3.8) is 0 Å². The zero-order chi connectivity index (χ0) is 17.5. The third-order valence-corrected chi connectivity index (χ3v) is 5.79. The molecule has 1 aromatic heterocycles. The second-order valence-corrected chi connectivity index (χ2v) is 7.57. The highest BCUT2D eigenvalue weighted by atomic mass is 16.5. The van der Waals surface area contributed by atoms with Crippen LogP contribution < -0.4 is 0 Å². The fraction of sp³-hybridized carbons (Fsp3) is 0.429. The standard InChI is InChI=1S/C21H23N3O2/c1-14-22-21(26-23-14)9-17-13-25-20-12-24(11-19(17)20)10-16-7-4-6-15-5-2-3-8-18(15)16/h2-8,17,19-20H,9-13H2,1H3/t17-,19+,20+/m1/s1. The second-order valence-electron chi connectivity index (χ2n) is 7.57. The summed E-state index contributed by atoms with van der Waals surface area (Å²) in [7, 11) is 0. The van der Waals surface area contributed by atoms with E-state index in [1.807, 2.05) is 6.92 Å². The fourth-order valence-corrected chi connectivity index (χ4v) is 4.54. The topological polar surface area (TPSA) is 51.4 Å². The van der Waals surface area contributed by atoms with Gasteiger partial charge in [-0.25, -0.2) is 0 Å². The number of rotatable bonds is 4. The van der Waals surface area contributed by atoms with Gasteiger partial charge >= 0.3 is 0 Å². The molecule has 0 N–H and O–H groups in total. The number of aromatic nitrogens is 2. The normalized spacial score (nSPS) is 25.8. The van der Waals surface area contributed by atoms with E-state index in [0.717, 1.165) is 38.6 Å². The molecule has 0 aliphatic carbocycles. The van der Waals surface area contributed by atoms with Gasteiger partial charge in [0.15, 0.2) is 5.82 Å². The molecule has 2 aliphatic heterocycles. The molecule has 134 valence electrons. The largest absolute Gasteiger partial charge is 0.376 e. The van der Waals surface area contributed by atoms with Crippen molar-refractivity contribution < 1.29 is 9.26 Å². The number of fused-ring (bicyclic) bond motifs is 2. The average molecular weight is 349 g/mol. The Bertz CT molecular complexity index is 917. The Kier molecular flexibility index (Phi) is 3.98. The maximum absolute atomic E-state index is 6.09. The van der Waals surface area contributed by atoms with Crippen molar-refractivity contribution in [3.05, 3.63) is 59.7 Å². The van der Waals surface area contributed by atoms with E-state index in [0.29, 0.717) is 23.8 Å². The molecule has 0 radical (unpaired) electrons. The van der Waals surface area contributed by atoms with Gasteiger partial charge in [0.1, 0.15) is 0 Å². The molecular formula is C21H23N3O2. The van der Waals surface area contributed by atoms with Crippen molar-refractivity contribution in [1.29, 1.82) is 0 Å². The Labute approximate surface area is 153 Å². The van der Waals surface area contributed by atoms with E-state index in [4.69, 9.17) is 9.26 Å². The maximum atomic E-state index is 6.09. The van der Waals surface area contributed by atoms with Crippen LogP contribution in [0.15, 0.2) is 47.0 Å². The van der Waals surface area contributed by atoms with Crippen molar-refractivity contribution in [1.82, 2.24) is 15.0 Å². The Hall–Kier alpha value is -2.24. The lowest BCUT2D eigenvalue weighted by Crippen LogP contribution is -2.25. The minimum absolute atomic E-state index is 0.332. The molecule has 26 heavy (non-hydrogen) atoms. The first-order valence-corrected chi connectivity index (χ1v) is 9.36. The lowest BCUT2D eigenvalue weighted by Gasteiger charge is -2.19. The molecule has 0 saturated carbocycles. The first-order chi connectivity index (χ1) is 12.8. The first-order valence-electron chi connectivity index (χ1n) is 9.36. The lowest BCUT2D eigenvalue weighted by atomic mass is 9.90. The summed E-state index contributed by atoms with van der Waals surface area (Å²) in [6, 6.07) is 15.2. The summed E-state index contributed by atoms with van der Waals surface area (Å²) in [4.78, 5) is 6.89. The molecule has 5 nitrogen and oxygen atoms in total. The number of hydrogen-bond donors (Lipinski definition) is 0. The minimum Gasteiger partial charge on any atom is -0.376 e. The Morgan fingerprint density at radius 3 is 2.88 bits per heavy atom. The number of likely N-dealkylation sites (tertiary alicyclic amines) is 1. The molecule has 5 rings (SSSR count). The molecular weight excluding hydrogens is 326 g/mol. The van der Waals surface area contributed by atoms with Gasteiger partial charge in [0, 0.05) is 32.0 Å². The Morgan fingerprint density at radius 1 is 1.12 bits per heavy atom. The van der Waals surface area contributed by atoms with E-state index in [-0.39, 0.29) is 0 Å². The summed E-state index contributed by atoms with van der Waals surface area (Å²) in [6.07, 6.45) is 1.16. The summed E-state index contributed by atoms with van der Waals surface area (Å²) in [6.45, 7) is 5.73. The monoisotopic (exact) mass is 349 g/mol. The molecule has 3 aromatic rings. The third-order valence-electron chi connectivity index (χ3n) is 5.79. The molecule has 2 aliphatic rings. The first kappa shape index (κ1) is 16.0. The van der Waals surface area contributed by atoms with Gasteiger partial charge in [-0.1, -0.05) is 47.6 Å². The van der Waals surface area contributed by atoms with Crippen LogP contribution in [0.4, 0.5) is 0 Å². The highest BCUT2D eigenvalue weighted by Crippen LogP contribution is 2.36. The molecule has 5 heteroatoms. The van der Waals surface area contributed by atoms with Crippen LogP contribution in [0, 0.1) is 18.8 Å². The SMILES string of the molecule is Cc1noc(C[C@@H]2CO[C@H]3CN(Cc4cccc5ccccc45)C[C@@H]23)n1. The molecule has 0 amide bonds. The molecule has 3 atom stereocenters. The van der Waals surface area contributed by atoms with Gasteiger partial charge in [0.2, 0.25) is 5.89 Å². The van der Waals surface area contributed by atoms with E-state index in [1.54, 1.807) is 0 Å². The van der Waals surface area contributed by atoms with Gasteiger partial charge in [-0.05, 0) is 29.2 Å². The van der Waals surface area contributed by atoms with Crippen molar-refractivity contribution in [2.24, 2.45) is 11.8 Å². The number of nitrogens with zero attached hydrogens (tertiary/aromatic N) is 3. The summed E-state index contributed by atoms with van der Waals surface area (Å²) in [5.74, 6) is 2.47. The van der Waals surface area contributed by atoms with Crippen LogP contribution in [0.1, 0.15) is 17.3 Å². The highest BCUT2D eigenvalue weighted by molar-refractivity contribution is 5.85.